The second-order valence-electron chi connectivity index (χ2n) is 8.70. The van der Waals surface area contributed by atoms with Crippen molar-refractivity contribution in [3.05, 3.63) is 47.6 Å². The normalized spacial score (nSPS) is 28.9. The Labute approximate surface area is 170 Å². The summed E-state index contributed by atoms with van der Waals surface area (Å²) in [4.78, 5) is 33.3. The van der Waals surface area contributed by atoms with E-state index in [0.717, 1.165) is 24.8 Å². The summed E-state index contributed by atoms with van der Waals surface area (Å²) in [5.74, 6) is 1.84. The van der Waals surface area contributed by atoms with E-state index in [2.05, 4.69) is 17.3 Å². The first-order chi connectivity index (χ1) is 14.1. The van der Waals surface area contributed by atoms with E-state index in [0.29, 0.717) is 50.0 Å². The second kappa shape index (κ2) is 6.97. The molecule has 29 heavy (non-hydrogen) atoms. The van der Waals surface area contributed by atoms with Crippen LogP contribution in [0.4, 0.5) is 0 Å². The highest BCUT2D eigenvalue weighted by Crippen LogP contribution is 2.50. The zero-order valence-corrected chi connectivity index (χ0v) is 16.7. The fourth-order valence-corrected chi connectivity index (χ4v) is 5.42. The van der Waals surface area contributed by atoms with Gasteiger partial charge >= 0.3 is 0 Å². The van der Waals surface area contributed by atoms with Crippen molar-refractivity contribution in [1.82, 2.24) is 19.9 Å². The third-order valence-corrected chi connectivity index (χ3v) is 7.06. The third kappa shape index (κ3) is 3.03. The molecule has 1 aliphatic carbocycles. The summed E-state index contributed by atoms with van der Waals surface area (Å²) in [6, 6.07) is 9.80. The number of nitrogens with zero attached hydrogens (tertiary/aromatic N) is 4. The molecular formula is C22H26N4O3. The number of benzene rings is 1. The van der Waals surface area contributed by atoms with Crippen LogP contribution in [-0.2, 0) is 21.4 Å². The van der Waals surface area contributed by atoms with E-state index < -0.39 is 0 Å². The van der Waals surface area contributed by atoms with Crippen LogP contribution in [0.1, 0.15) is 49.4 Å². The average molecular weight is 394 g/mol. The molecule has 2 saturated heterocycles. The van der Waals surface area contributed by atoms with Gasteiger partial charge < -0.3 is 14.3 Å². The molecule has 5 rings (SSSR count). The molecule has 152 valence electrons. The van der Waals surface area contributed by atoms with Crippen LogP contribution in [0.5, 0.6) is 0 Å². The minimum atomic E-state index is -0.324. The standard InChI is InChI=1S/C22H26N4O3/c1-25-17(9-10-19(25)27)20(28)26-13-16-8-5-11-22(16,14-26)21-23-18(24-29-21)12-15-6-3-2-4-7-15/h2-4,6-7,16-17H,5,8-14H2,1H3/t16-,17?,22-/m1/s1. The van der Waals surface area contributed by atoms with Gasteiger partial charge in [0, 0.05) is 33.0 Å². The van der Waals surface area contributed by atoms with Crippen molar-refractivity contribution in [2.75, 3.05) is 20.1 Å². The minimum Gasteiger partial charge on any atom is -0.340 e. The number of hydrogen-bond acceptors (Lipinski definition) is 5. The third-order valence-electron chi connectivity index (χ3n) is 7.06. The number of fused-ring (bicyclic) bond motifs is 1. The lowest BCUT2D eigenvalue weighted by molar-refractivity contribution is -0.139. The van der Waals surface area contributed by atoms with Crippen LogP contribution < -0.4 is 0 Å². The maximum Gasteiger partial charge on any atom is 0.245 e. The second-order valence-corrected chi connectivity index (χ2v) is 8.70. The van der Waals surface area contributed by atoms with Gasteiger partial charge in [0.25, 0.3) is 0 Å². The van der Waals surface area contributed by atoms with E-state index in [-0.39, 0.29) is 23.3 Å². The Kier molecular flexibility index (Phi) is 4.41. The summed E-state index contributed by atoms with van der Waals surface area (Å²) in [7, 11) is 1.73. The van der Waals surface area contributed by atoms with Crippen molar-refractivity contribution in [2.24, 2.45) is 5.92 Å². The summed E-state index contributed by atoms with van der Waals surface area (Å²) >= 11 is 0. The molecule has 3 heterocycles. The number of carbonyl (C=O) groups is 2. The van der Waals surface area contributed by atoms with Gasteiger partial charge in [-0.15, -0.1) is 0 Å². The molecule has 3 fully saturated rings. The number of carbonyl (C=O) groups excluding carboxylic acids is 2. The Morgan fingerprint density at radius 1 is 1.28 bits per heavy atom. The molecule has 0 spiro atoms. The van der Waals surface area contributed by atoms with Crippen molar-refractivity contribution < 1.29 is 14.1 Å². The Balaban J connectivity index is 1.35. The Morgan fingerprint density at radius 3 is 2.86 bits per heavy atom. The highest BCUT2D eigenvalue weighted by Gasteiger charge is 2.56. The number of amides is 2. The SMILES string of the molecule is CN1C(=O)CCC1C(=O)N1C[C@H]2CCC[C@@]2(c2nc(Cc3ccccc3)no2)C1. The maximum atomic E-state index is 13.1. The molecule has 1 aromatic heterocycles. The summed E-state index contributed by atoms with van der Waals surface area (Å²) in [6.07, 6.45) is 4.87. The van der Waals surface area contributed by atoms with Crippen LogP contribution in [0.25, 0.3) is 0 Å². The van der Waals surface area contributed by atoms with Crippen LogP contribution in [-0.4, -0.2) is 57.9 Å². The quantitative estimate of drug-likeness (QED) is 0.794. The van der Waals surface area contributed by atoms with Gasteiger partial charge in [-0.05, 0) is 30.7 Å². The zero-order chi connectivity index (χ0) is 20.0. The lowest BCUT2D eigenvalue weighted by Crippen LogP contribution is -2.45. The highest BCUT2D eigenvalue weighted by molar-refractivity contribution is 5.91. The van der Waals surface area contributed by atoms with Gasteiger partial charge in [-0.1, -0.05) is 41.9 Å². The van der Waals surface area contributed by atoms with E-state index in [4.69, 9.17) is 9.51 Å². The monoisotopic (exact) mass is 394 g/mol. The predicted octanol–water partition coefficient (Wildman–Crippen LogP) is 2.16. The van der Waals surface area contributed by atoms with E-state index in [1.807, 2.05) is 23.1 Å². The fraction of sp³-hybridized carbons (Fsp3) is 0.545. The van der Waals surface area contributed by atoms with Gasteiger partial charge in [0.1, 0.15) is 6.04 Å². The largest absolute Gasteiger partial charge is 0.340 e. The van der Waals surface area contributed by atoms with Gasteiger partial charge in [-0.2, -0.15) is 4.98 Å². The molecular weight excluding hydrogens is 368 g/mol. The predicted molar refractivity (Wildman–Crippen MR) is 105 cm³/mol. The van der Waals surface area contributed by atoms with E-state index >= 15 is 0 Å². The summed E-state index contributed by atoms with van der Waals surface area (Å²) in [6.45, 7) is 1.33. The van der Waals surface area contributed by atoms with Gasteiger partial charge in [0.2, 0.25) is 17.7 Å². The molecule has 7 heteroatoms. The van der Waals surface area contributed by atoms with Crippen molar-refractivity contribution in [2.45, 2.75) is 50.0 Å². The van der Waals surface area contributed by atoms with Crippen LogP contribution >= 0.6 is 0 Å². The van der Waals surface area contributed by atoms with Crippen LogP contribution in [0.3, 0.4) is 0 Å². The van der Waals surface area contributed by atoms with Crippen LogP contribution in [0.2, 0.25) is 0 Å². The molecule has 3 aliphatic rings. The Morgan fingerprint density at radius 2 is 2.10 bits per heavy atom. The molecule has 1 aromatic carbocycles. The van der Waals surface area contributed by atoms with E-state index in [1.165, 1.54) is 0 Å². The van der Waals surface area contributed by atoms with Crippen LogP contribution in [0.15, 0.2) is 34.9 Å². The highest BCUT2D eigenvalue weighted by atomic mass is 16.5. The van der Waals surface area contributed by atoms with Gasteiger partial charge in [-0.3, -0.25) is 9.59 Å². The molecule has 0 bridgehead atoms. The number of hydrogen-bond donors (Lipinski definition) is 0. The van der Waals surface area contributed by atoms with Gasteiger partial charge in [-0.25, -0.2) is 0 Å². The minimum absolute atomic E-state index is 0.0555. The molecule has 2 aliphatic heterocycles. The van der Waals surface area contributed by atoms with Crippen LogP contribution in [0, 0.1) is 5.92 Å². The molecule has 2 aromatic rings. The Hall–Kier alpha value is -2.70. The van der Waals surface area contributed by atoms with Crippen molar-refractivity contribution in [1.29, 1.82) is 0 Å². The molecule has 2 amide bonds. The van der Waals surface area contributed by atoms with Crippen molar-refractivity contribution in [3.63, 3.8) is 0 Å². The number of aromatic nitrogens is 2. The number of likely N-dealkylation sites (tertiary alicyclic amines) is 2. The smallest absolute Gasteiger partial charge is 0.245 e. The first-order valence-electron chi connectivity index (χ1n) is 10.5. The fourth-order valence-electron chi connectivity index (χ4n) is 5.42. The zero-order valence-electron chi connectivity index (χ0n) is 16.7. The van der Waals surface area contributed by atoms with Gasteiger partial charge in [0.15, 0.2) is 5.82 Å². The molecule has 3 atom stereocenters. The molecule has 7 nitrogen and oxygen atoms in total. The average Bonchev–Trinajstić information content (AvgIpc) is 3.47. The lowest BCUT2D eigenvalue weighted by atomic mass is 9.80. The van der Waals surface area contributed by atoms with E-state index in [9.17, 15) is 9.59 Å². The summed E-state index contributed by atoms with van der Waals surface area (Å²) in [5.41, 5.74) is 0.913. The Bertz CT molecular complexity index is 927. The van der Waals surface area contributed by atoms with E-state index in [1.54, 1.807) is 11.9 Å². The molecule has 1 saturated carbocycles. The van der Waals surface area contributed by atoms with Gasteiger partial charge in [0.05, 0.1) is 5.41 Å². The summed E-state index contributed by atoms with van der Waals surface area (Å²) in [5, 5.41) is 4.24. The summed E-state index contributed by atoms with van der Waals surface area (Å²) < 4.78 is 5.75. The maximum absolute atomic E-state index is 13.1. The number of likely N-dealkylation sites (N-methyl/N-ethyl adjacent to an activating group) is 1. The number of rotatable bonds is 4. The first kappa shape index (κ1) is 18.3. The topological polar surface area (TPSA) is 79.5 Å². The molecule has 0 N–H and O–H groups in total. The molecule has 0 radical (unpaired) electrons. The lowest BCUT2D eigenvalue weighted by Gasteiger charge is -2.27. The molecule has 1 unspecified atom stereocenters. The van der Waals surface area contributed by atoms with Crippen molar-refractivity contribution in [3.8, 4) is 0 Å². The van der Waals surface area contributed by atoms with Crippen molar-refractivity contribution >= 4 is 11.8 Å². The first-order valence-corrected chi connectivity index (χ1v) is 10.5.